The van der Waals surface area contributed by atoms with Crippen LogP contribution in [-0.4, -0.2) is 43.1 Å². The summed E-state index contributed by atoms with van der Waals surface area (Å²) in [4.78, 5) is 5.42. The van der Waals surface area contributed by atoms with Crippen LogP contribution in [0.4, 0.5) is 0 Å². The molecule has 142 valence electrons. The maximum absolute atomic E-state index is 12.6. The van der Waals surface area contributed by atoms with E-state index in [0.29, 0.717) is 35.4 Å². The van der Waals surface area contributed by atoms with E-state index in [4.69, 9.17) is 9.26 Å². The molecule has 7 nitrogen and oxygen atoms in total. The number of hydrogen-bond donors (Lipinski definition) is 0. The van der Waals surface area contributed by atoms with Crippen LogP contribution >= 0.6 is 11.3 Å². The van der Waals surface area contributed by atoms with Crippen molar-refractivity contribution in [3.8, 4) is 5.75 Å². The van der Waals surface area contributed by atoms with Gasteiger partial charge < -0.3 is 9.26 Å². The minimum Gasteiger partial charge on any atom is -0.496 e. The minimum atomic E-state index is -3.43. The first-order valence-corrected chi connectivity index (χ1v) is 10.7. The highest BCUT2D eigenvalue weighted by molar-refractivity contribution is 7.91. The lowest BCUT2D eigenvalue weighted by molar-refractivity contribution is 0.217. The standard InChI is InChI=1S/C18H19N3O4S2/c1-12-7-8-17(26-12)27(22,23)21-10-14(11-21)18-19-16(20-25-18)9-13-5-3-4-6-15(13)24-2/h3-8,14H,9-11H2,1-2H3. The number of rotatable bonds is 6. The molecule has 27 heavy (non-hydrogen) atoms. The van der Waals surface area contributed by atoms with Gasteiger partial charge in [-0.3, -0.25) is 0 Å². The minimum absolute atomic E-state index is 0.0697. The lowest BCUT2D eigenvalue weighted by Gasteiger charge is -2.35. The Kier molecular flexibility index (Phi) is 4.75. The molecular weight excluding hydrogens is 386 g/mol. The molecule has 0 radical (unpaired) electrons. The Bertz CT molecular complexity index is 1050. The molecule has 0 unspecified atom stereocenters. The summed E-state index contributed by atoms with van der Waals surface area (Å²) in [5.74, 6) is 1.74. The molecule has 1 aliphatic rings. The number of aryl methyl sites for hydroxylation is 1. The highest BCUT2D eigenvalue weighted by Crippen LogP contribution is 2.33. The molecule has 2 aromatic heterocycles. The number of aromatic nitrogens is 2. The number of sulfonamides is 1. The maximum Gasteiger partial charge on any atom is 0.252 e. The molecule has 1 saturated heterocycles. The molecule has 0 N–H and O–H groups in total. The number of thiophene rings is 1. The SMILES string of the molecule is COc1ccccc1Cc1noc(C2CN(S(=O)(=O)c3ccc(C)s3)C2)n1. The van der Waals surface area contributed by atoms with Crippen molar-refractivity contribution in [2.75, 3.05) is 20.2 Å². The van der Waals surface area contributed by atoms with Crippen LogP contribution in [0, 0.1) is 6.92 Å². The summed E-state index contributed by atoms with van der Waals surface area (Å²) >= 11 is 1.29. The second-order valence-electron chi connectivity index (χ2n) is 6.42. The van der Waals surface area contributed by atoms with E-state index in [9.17, 15) is 8.42 Å². The van der Waals surface area contributed by atoms with Gasteiger partial charge in [-0.25, -0.2) is 8.42 Å². The van der Waals surface area contributed by atoms with Crippen LogP contribution in [0.5, 0.6) is 5.75 Å². The van der Waals surface area contributed by atoms with Crippen molar-refractivity contribution >= 4 is 21.4 Å². The molecule has 4 rings (SSSR count). The van der Waals surface area contributed by atoms with Gasteiger partial charge in [0.15, 0.2) is 5.82 Å². The topological polar surface area (TPSA) is 85.5 Å². The largest absolute Gasteiger partial charge is 0.496 e. The Morgan fingerprint density at radius 3 is 2.74 bits per heavy atom. The predicted molar refractivity (Wildman–Crippen MR) is 101 cm³/mol. The van der Waals surface area contributed by atoms with E-state index in [0.717, 1.165) is 16.2 Å². The van der Waals surface area contributed by atoms with Crippen LogP contribution in [0.3, 0.4) is 0 Å². The van der Waals surface area contributed by atoms with E-state index >= 15 is 0 Å². The van der Waals surface area contributed by atoms with Gasteiger partial charge in [0.25, 0.3) is 10.0 Å². The first kappa shape index (κ1) is 18.1. The van der Waals surface area contributed by atoms with Crippen LogP contribution in [0.15, 0.2) is 45.1 Å². The van der Waals surface area contributed by atoms with Gasteiger partial charge in [-0.2, -0.15) is 9.29 Å². The monoisotopic (exact) mass is 405 g/mol. The fraction of sp³-hybridized carbons (Fsp3) is 0.333. The lowest BCUT2D eigenvalue weighted by Crippen LogP contribution is -2.48. The van der Waals surface area contributed by atoms with Crippen LogP contribution in [0.2, 0.25) is 0 Å². The Balaban J connectivity index is 1.42. The van der Waals surface area contributed by atoms with Gasteiger partial charge in [-0.15, -0.1) is 11.3 Å². The van der Waals surface area contributed by atoms with Crippen molar-refractivity contribution in [3.05, 3.63) is 58.6 Å². The highest BCUT2D eigenvalue weighted by Gasteiger charge is 2.40. The van der Waals surface area contributed by atoms with E-state index in [-0.39, 0.29) is 5.92 Å². The summed E-state index contributed by atoms with van der Waals surface area (Å²) in [5.41, 5.74) is 0.971. The summed E-state index contributed by atoms with van der Waals surface area (Å²) in [7, 11) is -1.80. The molecule has 1 fully saturated rings. The molecule has 0 atom stereocenters. The van der Waals surface area contributed by atoms with E-state index in [1.54, 1.807) is 13.2 Å². The Morgan fingerprint density at radius 2 is 2.04 bits per heavy atom. The van der Waals surface area contributed by atoms with Gasteiger partial charge in [-0.05, 0) is 25.1 Å². The zero-order valence-electron chi connectivity index (χ0n) is 15.0. The third kappa shape index (κ3) is 3.50. The predicted octanol–water partition coefficient (Wildman–Crippen LogP) is 2.83. The Labute approximate surface area is 161 Å². The maximum atomic E-state index is 12.6. The Hall–Kier alpha value is -2.23. The molecular formula is C18H19N3O4S2. The highest BCUT2D eigenvalue weighted by atomic mass is 32.2. The van der Waals surface area contributed by atoms with Crippen molar-refractivity contribution in [1.29, 1.82) is 0 Å². The van der Waals surface area contributed by atoms with Gasteiger partial charge in [0.1, 0.15) is 9.96 Å². The van der Waals surface area contributed by atoms with Gasteiger partial charge in [0.2, 0.25) is 5.89 Å². The molecule has 1 aromatic carbocycles. The number of hydrogen-bond acceptors (Lipinski definition) is 7. The third-order valence-corrected chi connectivity index (χ3v) is 7.83. The van der Waals surface area contributed by atoms with Crippen LogP contribution in [0.25, 0.3) is 0 Å². The van der Waals surface area contributed by atoms with Crippen molar-refractivity contribution in [1.82, 2.24) is 14.4 Å². The van der Waals surface area contributed by atoms with Crippen molar-refractivity contribution in [2.45, 2.75) is 23.5 Å². The molecule has 1 aliphatic heterocycles. The number of ether oxygens (including phenoxy) is 1. The fourth-order valence-electron chi connectivity index (χ4n) is 2.99. The number of methoxy groups -OCH3 is 1. The molecule has 9 heteroatoms. The zero-order valence-corrected chi connectivity index (χ0v) is 16.6. The van der Waals surface area contributed by atoms with E-state index in [1.807, 2.05) is 37.3 Å². The summed E-state index contributed by atoms with van der Waals surface area (Å²) in [6.07, 6.45) is 0.497. The molecule has 3 heterocycles. The molecule has 0 aliphatic carbocycles. The summed E-state index contributed by atoms with van der Waals surface area (Å²) in [6.45, 7) is 2.61. The van der Waals surface area contributed by atoms with E-state index < -0.39 is 10.0 Å². The van der Waals surface area contributed by atoms with Gasteiger partial charge in [0.05, 0.1) is 13.0 Å². The van der Waals surface area contributed by atoms with Gasteiger partial charge in [0, 0.05) is 30.0 Å². The molecule has 3 aromatic rings. The Morgan fingerprint density at radius 1 is 1.26 bits per heavy atom. The van der Waals surface area contributed by atoms with Crippen molar-refractivity contribution < 1.29 is 17.7 Å². The quantitative estimate of drug-likeness (QED) is 0.627. The smallest absolute Gasteiger partial charge is 0.252 e. The number of para-hydroxylation sites is 1. The molecule has 0 bridgehead atoms. The molecule has 0 amide bonds. The van der Waals surface area contributed by atoms with Crippen LogP contribution in [0.1, 0.15) is 28.1 Å². The van der Waals surface area contributed by atoms with Crippen molar-refractivity contribution in [2.24, 2.45) is 0 Å². The normalized spacial score (nSPS) is 15.6. The first-order valence-electron chi connectivity index (χ1n) is 8.48. The average molecular weight is 406 g/mol. The molecule has 0 spiro atoms. The number of nitrogens with zero attached hydrogens (tertiary/aromatic N) is 3. The second-order valence-corrected chi connectivity index (χ2v) is 9.87. The lowest BCUT2D eigenvalue weighted by atomic mass is 10.0. The van der Waals surface area contributed by atoms with Crippen LogP contribution < -0.4 is 4.74 Å². The summed E-state index contributed by atoms with van der Waals surface area (Å²) in [5, 5.41) is 4.03. The number of benzene rings is 1. The fourth-order valence-corrected chi connectivity index (χ4v) is 5.96. The van der Waals surface area contributed by atoms with Crippen LogP contribution in [-0.2, 0) is 16.4 Å². The molecule has 0 saturated carbocycles. The summed E-state index contributed by atoms with van der Waals surface area (Å²) in [6, 6.07) is 11.1. The summed E-state index contributed by atoms with van der Waals surface area (Å²) < 4.78 is 37.7. The van der Waals surface area contributed by atoms with Gasteiger partial charge >= 0.3 is 0 Å². The first-order chi connectivity index (χ1) is 13.0. The third-order valence-electron chi connectivity index (χ3n) is 4.53. The zero-order chi connectivity index (χ0) is 19.0. The van der Waals surface area contributed by atoms with Crippen molar-refractivity contribution in [3.63, 3.8) is 0 Å². The van der Waals surface area contributed by atoms with E-state index in [1.165, 1.54) is 15.6 Å². The second kappa shape index (κ2) is 7.06. The average Bonchev–Trinajstić information content (AvgIpc) is 3.23. The van der Waals surface area contributed by atoms with E-state index in [2.05, 4.69) is 10.1 Å². The van der Waals surface area contributed by atoms with Gasteiger partial charge in [-0.1, -0.05) is 23.4 Å².